The third-order valence-electron chi connectivity index (χ3n) is 3.62. The summed E-state index contributed by atoms with van der Waals surface area (Å²) in [4.78, 5) is 10.3. The van der Waals surface area contributed by atoms with Crippen molar-refractivity contribution in [1.29, 1.82) is 0 Å². The molecule has 0 fully saturated rings. The molecule has 7 heteroatoms. The Balaban J connectivity index is 0.00000529. The van der Waals surface area contributed by atoms with Gasteiger partial charge in [0, 0.05) is 24.6 Å². The highest BCUT2D eigenvalue weighted by Gasteiger charge is 2.11. The predicted octanol–water partition coefficient (Wildman–Crippen LogP) is 3.48. The van der Waals surface area contributed by atoms with Gasteiger partial charge in [-0.15, -0.1) is 35.3 Å². The first-order valence-corrected chi connectivity index (χ1v) is 9.33. The number of thiazole rings is 1. The lowest BCUT2D eigenvalue weighted by molar-refractivity contribution is 0.243. The predicted molar refractivity (Wildman–Crippen MR) is 114 cm³/mol. The van der Waals surface area contributed by atoms with Gasteiger partial charge in [-0.3, -0.25) is 0 Å². The SMILES string of the molecule is CCNC(=NCc1sc(C)nc1C)NCC(CCO)CC(C)C.I. The van der Waals surface area contributed by atoms with Gasteiger partial charge in [-0.05, 0) is 45.4 Å². The number of guanidine groups is 1. The smallest absolute Gasteiger partial charge is 0.191 e. The second-order valence-corrected chi connectivity index (χ2v) is 7.61. The summed E-state index contributed by atoms with van der Waals surface area (Å²) in [5.74, 6) is 1.94. The van der Waals surface area contributed by atoms with Crippen molar-refractivity contribution in [3.05, 3.63) is 15.6 Å². The monoisotopic (exact) mass is 468 g/mol. The minimum atomic E-state index is 0. The number of aliphatic imine (C=N–C) groups is 1. The van der Waals surface area contributed by atoms with Gasteiger partial charge in [0.15, 0.2) is 5.96 Å². The molecule has 0 aliphatic carbocycles. The maximum atomic E-state index is 9.22. The molecule has 1 aromatic heterocycles. The van der Waals surface area contributed by atoms with Gasteiger partial charge in [0.2, 0.25) is 0 Å². The molecule has 0 spiro atoms. The van der Waals surface area contributed by atoms with Crippen LogP contribution in [-0.2, 0) is 6.54 Å². The zero-order valence-corrected chi connectivity index (χ0v) is 18.7. The lowest BCUT2D eigenvalue weighted by Crippen LogP contribution is -2.40. The summed E-state index contributed by atoms with van der Waals surface area (Å²) in [6.07, 6.45) is 1.94. The molecule has 1 heterocycles. The van der Waals surface area contributed by atoms with Crippen LogP contribution in [0.1, 0.15) is 49.2 Å². The van der Waals surface area contributed by atoms with Crippen LogP contribution in [-0.4, -0.2) is 35.7 Å². The molecule has 0 bridgehead atoms. The van der Waals surface area contributed by atoms with Crippen molar-refractivity contribution in [2.45, 2.75) is 54.0 Å². The largest absolute Gasteiger partial charge is 0.396 e. The minimum Gasteiger partial charge on any atom is -0.396 e. The van der Waals surface area contributed by atoms with Crippen molar-refractivity contribution < 1.29 is 5.11 Å². The quantitative estimate of drug-likeness (QED) is 0.295. The summed E-state index contributed by atoms with van der Waals surface area (Å²) >= 11 is 1.71. The Labute approximate surface area is 167 Å². The van der Waals surface area contributed by atoms with Crippen LogP contribution in [0.3, 0.4) is 0 Å². The molecule has 3 N–H and O–H groups in total. The number of nitrogens with zero attached hydrogens (tertiary/aromatic N) is 2. The first kappa shape index (κ1) is 23.6. The van der Waals surface area contributed by atoms with Crippen molar-refractivity contribution in [2.24, 2.45) is 16.8 Å². The van der Waals surface area contributed by atoms with Crippen LogP contribution in [0.5, 0.6) is 0 Å². The zero-order valence-electron chi connectivity index (χ0n) is 15.6. The number of rotatable bonds is 9. The second kappa shape index (κ2) is 12.9. The molecule has 0 aromatic carbocycles. The average Bonchev–Trinajstić information content (AvgIpc) is 2.79. The number of aliphatic hydroxyl groups is 1. The first-order valence-electron chi connectivity index (χ1n) is 8.52. The standard InChI is InChI=1S/C17H32N4OS.HI/c1-6-18-17(19-10-15(7-8-22)9-12(2)3)20-11-16-13(4)21-14(5)23-16;/h12,15,22H,6-11H2,1-5H3,(H2,18,19,20);1H. The van der Waals surface area contributed by atoms with Gasteiger partial charge < -0.3 is 15.7 Å². The van der Waals surface area contributed by atoms with Gasteiger partial charge in [-0.25, -0.2) is 9.98 Å². The highest BCUT2D eigenvalue weighted by molar-refractivity contribution is 14.0. The summed E-state index contributed by atoms with van der Waals surface area (Å²) in [5.41, 5.74) is 1.07. The van der Waals surface area contributed by atoms with E-state index in [4.69, 9.17) is 0 Å². The zero-order chi connectivity index (χ0) is 17.2. The minimum absolute atomic E-state index is 0. The molecule has 0 saturated carbocycles. The van der Waals surface area contributed by atoms with Crippen LogP contribution < -0.4 is 10.6 Å². The number of hydrogen-bond acceptors (Lipinski definition) is 4. The van der Waals surface area contributed by atoms with Crippen molar-refractivity contribution in [2.75, 3.05) is 19.7 Å². The maximum Gasteiger partial charge on any atom is 0.191 e. The van der Waals surface area contributed by atoms with Crippen LogP contribution in [0.2, 0.25) is 0 Å². The molecule has 1 unspecified atom stereocenters. The average molecular weight is 468 g/mol. The van der Waals surface area contributed by atoms with E-state index in [9.17, 15) is 5.11 Å². The highest BCUT2D eigenvalue weighted by atomic mass is 127. The Kier molecular flexibility index (Phi) is 12.7. The van der Waals surface area contributed by atoms with Gasteiger partial charge in [0.05, 0.1) is 17.2 Å². The third-order valence-corrected chi connectivity index (χ3v) is 4.68. The molecule has 1 rings (SSSR count). The van der Waals surface area contributed by atoms with Crippen molar-refractivity contribution in [3.63, 3.8) is 0 Å². The van der Waals surface area contributed by atoms with Gasteiger partial charge in [0.25, 0.3) is 0 Å². The van der Waals surface area contributed by atoms with Crippen LogP contribution in [0, 0.1) is 25.7 Å². The summed E-state index contributed by atoms with van der Waals surface area (Å²) in [6.45, 7) is 13.1. The number of aliphatic hydroxyl groups excluding tert-OH is 1. The lowest BCUT2D eigenvalue weighted by Gasteiger charge is -2.20. The lowest BCUT2D eigenvalue weighted by atomic mass is 9.94. The fraction of sp³-hybridized carbons (Fsp3) is 0.765. The highest BCUT2D eigenvalue weighted by Crippen LogP contribution is 2.18. The Morgan fingerprint density at radius 2 is 2.00 bits per heavy atom. The molecule has 0 aliphatic heterocycles. The molecule has 5 nitrogen and oxygen atoms in total. The van der Waals surface area contributed by atoms with E-state index in [0.717, 1.165) is 42.6 Å². The van der Waals surface area contributed by atoms with E-state index >= 15 is 0 Å². The molecule has 0 radical (unpaired) electrons. The number of halogens is 1. The Bertz CT molecular complexity index is 491. The third kappa shape index (κ3) is 9.17. The summed E-state index contributed by atoms with van der Waals surface area (Å²) in [6, 6.07) is 0. The fourth-order valence-electron chi connectivity index (χ4n) is 2.61. The van der Waals surface area contributed by atoms with Gasteiger partial charge in [0.1, 0.15) is 0 Å². The second-order valence-electron chi connectivity index (χ2n) is 6.33. The van der Waals surface area contributed by atoms with E-state index in [2.05, 4.69) is 41.4 Å². The molecule has 0 saturated heterocycles. The number of nitrogens with one attached hydrogen (secondary N) is 2. The van der Waals surface area contributed by atoms with Crippen LogP contribution in [0.15, 0.2) is 4.99 Å². The van der Waals surface area contributed by atoms with E-state index in [1.807, 2.05) is 13.8 Å². The molecular formula is C17H33IN4OS. The molecule has 0 aliphatic rings. The van der Waals surface area contributed by atoms with E-state index in [1.54, 1.807) is 11.3 Å². The van der Waals surface area contributed by atoms with E-state index < -0.39 is 0 Å². The van der Waals surface area contributed by atoms with Crippen molar-refractivity contribution >= 4 is 41.3 Å². The Morgan fingerprint density at radius 1 is 1.29 bits per heavy atom. The van der Waals surface area contributed by atoms with Gasteiger partial charge in [-0.2, -0.15) is 0 Å². The fourth-order valence-corrected chi connectivity index (χ4v) is 3.47. The topological polar surface area (TPSA) is 69.5 Å². The van der Waals surface area contributed by atoms with Crippen LogP contribution in [0.4, 0.5) is 0 Å². The van der Waals surface area contributed by atoms with Gasteiger partial charge in [-0.1, -0.05) is 13.8 Å². The van der Waals surface area contributed by atoms with E-state index in [1.165, 1.54) is 4.88 Å². The molecular weight excluding hydrogens is 435 g/mol. The Hall–Kier alpha value is -0.410. The molecule has 140 valence electrons. The molecule has 1 atom stereocenters. The summed E-state index contributed by atoms with van der Waals surface area (Å²) < 4.78 is 0. The normalized spacial score (nSPS) is 12.9. The van der Waals surface area contributed by atoms with Crippen molar-refractivity contribution in [3.8, 4) is 0 Å². The summed E-state index contributed by atoms with van der Waals surface area (Å²) in [7, 11) is 0. The Morgan fingerprint density at radius 3 is 2.50 bits per heavy atom. The molecule has 1 aromatic rings. The van der Waals surface area contributed by atoms with Crippen LogP contribution >= 0.6 is 35.3 Å². The number of hydrogen-bond donors (Lipinski definition) is 3. The van der Waals surface area contributed by atoms with Crippen LogP contribution in [0.25, 0.3) is 0 Å². The first-order chi connectivity index (χ1) is 11.0. The maximum absolute atomic E-state index is 9.22. The molecule has 24 heavy (non-hydrogen) atoms. The van der Waals surface area contributed by atoms with Gasteiger partial charge >= 0.3 is 0 Å². The van der Waals surface area contributed by atoms with Crippen molar-refractivity contribution in [1.82, 2.24) is 15.6 Å². The molecule has 0 amide bonds. The van der Waals surface area contributed by atoms with E-state index in [-0.39, 0.29) is 30.6 Å². The number of aromatic nitrogens is 1. The summed E-state index contributed by atoms with van der Waals surface area (Å²) in [5, 5.41) is 17.0. The number of aryl methyl sites for hydroxylation is 2. The van der Waals surface area contributed by atoms with E-state index in [0.29, 0.717) is 18.4 Å².